The SMILES string of the molecule is CCN(CCBr)Cc1ccccc1C. The van der Waals surface area contributed by atoms with Crippen molar-refractivity contribution >= 4 is 15.9 Å². The number of benzene rings is 1. The van der Waals surface area contributed by atoms with E-state index in [-0.39, 0.29) is 0 Å². The molecule has 0 unspecified atom stereocenters. The summed E-state index contributed by atoms with van der Waals surface area (Å²) in [5.41, 5.74) is 2.83. The Morgan fingerprint density at radius 2 is 2.00 bits per heavy atom. The monoisotopic (exact) mass is 255 g/mol. The Kier molecular flexibility index (Phi) is 5.20. The molecule has 14 heavy (non-hydrogen) atoms. The number of nitrogens with zero attached hydrogens (tertiary/aromatic N) is 1. The lowest BCUT2D eigenvalue weighted by atomic mass is 10.1. The average molecular weight is 256 g/mol. The molecule has 0 radical (unpaired) electrons. The molecule has 1 nitrogen and oxygen atoms in total. The van der Waals surface area contributed by atoms with Crippen LogP contribution in [0.25, 0.3) is 0 Å². The maximum absolute atomic E-state index is 3.48. The minimum absolute atomic E-state index is 1.05. The van der Waals surface area contributed by atoms with Gasteiger partial charge in [0.2, 0.25) is 0 Å². The first-order valence-corrected chi connectivity index (χ1v) is 6.23. The van der Waals surface area contributed by atoms with E-state index in [9.17, 15) is 0 Å². The van der Waals surface area contributed by atoms with Gasteiger partial charge in [-0.05, 0) is 24.6 Å². The molecule has 0 saturated carbocycles. The van der Waals surface area contributed by atoms with Gasteiger partial charge in [-0.25, -0.2) is 0 Å². The van der Waals surface area contributed by atoms with Crippen LogP contribution in [0, 0.1) is 6.92 Å². The van der Waals surface area contributed by atoms with E-state index in [4.69, 9.17) is 0 Å². The summed E-state index contributed by atoms with van der Waals surface area (Å²) in [6, 6.07) is 8.60. The van der Waals surface area contributed by atoms with Gasteiger partial charge in [-0.3, -0.25) is 4.90 Å². The summed E-state index contributed by atoms with van der Waals surface area (Å²) in [5, 5.41) is 1.05. The van der Waals surface area contributed by atoms with Crippen LogP contribution in [0.4, 0.5) is 0 Å². The molecule has 0 aliphatic carbocycles. The van der Waals surface area contributed by atoms with Crippen molar-refractivity contribution in [1.82, 2.24) is 4.90 Å². The van der Waals surface area contributed by atoms with Crippen LogP contribution in [0.2, 0.25) is 0 Å². The molecular weight excluding hydrogens is 238 g/mol. The second kappa shape index (κ2) is 6.20. The Balaban J connectivity index is 2.62. The fraction of sp³-hybridized carbons (Fsp3) is 0.500. The minimum Gasteiger partial charge on any atom is -0.299 e. The maximum Gasteiger partial charge on any atom is 0.0236 e. The van der Waals surface area contributed by atoms with Gasteiger partial charge in [-0.15, -0.1) is 0 Å². The smallest absolute Gasteiger partial charge is 0.0236 e. The molecule has 1 rings (SSSR count). The highest BCUT2D eigenvalue weighted by molar-refractivity contribution is 9.09. The van der Waals surface area contributed by atoms with E-state index >= 15 is 0 Å². The van der Waals surface area contributed by atoms with Gasteiger partial charge in [0.05, 0.1) is 0 Å². The summed E-state index contributed by atoms with van der Waals surface area (Å²) in [7, 11) is 0. The van der Waals surface area contributed by atoms with Crippen LogP contribution in [0.15, 0.2) is 24.3 Å². The van der Waals surface area contributed by atoms with E-state index < -0.39 is 0 Å². The number of alkyl halides is 1. The second-order valence-corrected chi connectivity index (χ2v) is 4.28. The van der Waals surface area contributed by atoms with Crippen molar-refractivity contribution < 1.29 is 0 Å². The molecule has 0 bridgehead atoms. The first kappa shape index (κ1) is 11.7. The predicted molar refractivity (Wildman–Crippen MR) is 65.9 cm³/mol. The van der Waals surface area contributed by atoms with E-state index in [0.29, 0.717) is 0 Å². The van der Waals surface area contributed by atoms with Gasteiger partial charge >= 0.3 is 0 Å². The molecule has 0 saturated heterocycles. The Labute approximate surface area is 95.2 Å². The molecule has 0 spiro atoms. The summed E-state index contributed by atoms with van der Waals surface area (Å²) in [4.78, 5) is 2.44. The summed E-state index contributed by atoms with van der Waals surface area (Å²) < 4.78 is 0. The molecule has 78 valence electrons. The lowest BCUT2D eigenvalue weighted by molar-refractivity contribution is 0.298. The lowest BCUT2D eigenvalue weighted by Gasteiger charge is -2.20. The first-order chi connectivity index (χ1) is 6.77. The zero-order valence-corrected chi connectivity index (χ0v) is 10.5. The van der Waals surface area contributed by atoms with Gasteiger partial charge in [0.25, 0.3) is 0 Å². The number of aryl methyl sites for hydroxylation is 1. The van der Waals surface area contributed by atoms with Crippen molar-refractivity contribution in [2.24, 2.45) is 0 Å². The molecule has 0 atom stereocenters. The van der Waals surface area contributed by atoms with E-state index in [1.54, 1.807) is 0 Å². The van der Waals surface area contributed by atoms with Gasteiger partial charge in [0.15, 0.2) is 0 Å². The van der Waals surface area contributed by atoms with Crippen molar-refractivity contribution in [1.29, 1.82) is 0 Å². The van der Waals surface area contributed by atoms with E-state index in [1.165, 1.54) is 11.1 Å². The molecule has 1 aromatic carbocycles. The van der Waals surface area contributed by atoms with Crippen LogP contribution in [-0.4, -0.2) is 23.3 Å². The summed E-state index contributed by atoms with van der Waals surface area (Å²) >= 11 is 3.48. The number of hydrogen-bond acceptors (Lipinski definition) is 1. The fourth-order valence-corrected chi connectivity index (χ4v) is 2.00. The van der Waals surface area contributed by atoms with Crippen molar-refractivity contribution in [3.8, 4) is 0 Å². The van der Waals surface area contributed by atoms with Crippen LogP contribution >= 0.6 is 15.9 Å². The standard InChI is InChI=1S/C12H18BrN/c1-3-14(9-8-13)10-12-7-5-4-6-11(12)2/h4-7H,3,8-10H2,1-2H3. The number of hydrogen-bond donors (Lipinski definition) is 0. The predicted octanol–water partition coefficient (Wildman–Crippen LogP) is 3.21. The van der Waals surface area contributed by atoms with E-state index in [0.717, 1.165) is 25.0 Å². The summed E-state index contributed by atoms with van der Waals surface area (Å²) in [6.07, 6.45) is 0. The molecular formula is C12H18BrN. The zero-order valence-electron chi connectivity index (χ0n) is 8.96. The third-order valence-corrected chi connectivity index (χ3v) is 2.86. The van der Waals surface area contributed by atoms with Crippen molar-refractivity contribution in [3.05, 3.63) is 35.4 Å². The third-order valence-electron chi connectivity index (χ3n) is 2.50. The Bertz CT molecular complexity index is 273. The number of rotatable bonds is 5. The Hall–Kier alpha value is -0.340. The molecule has 0 aromatic heterocycles. The van der Waals surface area contributed by atoms with Gasteiger partial charge in [-0.1, -0.05) is 47.1 Å². The van der Waals surface area contributed by atoms with Crippen LogP contribution in [0.5, 0.6) is 0 Å². The fourth-order valence-electron chi connectivity index (χ4n) is 1.50. The van der Waals surface area contributed by atoms with Crippen LogP contribution in [0.1, 0.15) is 18.1 Å². The highest BCUT2D eigenvalue weighted by Gasteiger charge is 2.03. The molecule has 0 fully saturated rings. The van der Waals surface area contributed by atoms with Crippen molar-refractivity contribution in [2.75, 3.05) is 18.4 Å². The largest absolute Gasteiger partial charge is 0.299 e. The zero-order chi connectivity index (χ0) is 10.4. The molecule has 0 N–H and O–H groups in total. The quantitative estimate of drug-likeness (QED) is 0.731. The van der Waals surface area contributed by atoms with Crippen LogP contribution in [0.3, 0.4) is 0 Å². The van der Waals surface area contributed by atoms with Gasteiger partial charge in [0.1, 0.15) is 0 Å². The van der Waals surface area contributed by atoms with E-state index in [2.05, 4.69) is 58.9 Å². The normalized spacial score (nSPS) is 10.9. The Morgan fingerprint density at radius 1 is 1.29 bits per heavy atom. The lowest BCUT2D eigenvalue weighted by Crippen LogP contribution is -2.25. The molecule has 1 aromatic rings. The first-order valence-electron chi connectivity index (χ1n) is 5.10. The van der Waals surface area contributed by atoms with E-state index in [1.807, 2.05) is 0 Å². The van der Waals surface area contributed by atoms with Crippen molar-refractivity contribution in [3.63, 3.8) is 0 Å². The molecule has 2 heteroatoms. The van der Waals surface area contributed by atoms with Crippen molar-refractivity contribution in [2.45, 2.75) is 20.4 Å². The molecule has 0 aliphatic rings. The highest BCUT2D eigenvalue weighted by atomic mass is 79.9. The van der Waals surface area contributed by atoms with Gasteiger partial charge < -0.3 is 0 Å². The van der Waals surface area contributed by atoms with Crippen LogP contribution < -0.4 is 0 Å². The highest BCUT2D eigenvalue weighted by Crippen LogP contribution is 2.10. The summed E-state index contributed by atoms with van der Waals surface area (Å²) in [5.74, 6) is 0. The van der Waals surface area contributed by atoms with Crippen LogP contribution in [-0.2, 0) is 6.54 Å². The topological polar surface area (TPSA) is 3.24 Å². The third kappa shape index (κ3) is 3.43. The maximum atomic E-state index is 3.48. The van der Waals surface area contributed by atoms with Gasteiger partial charge in [-0.2, -0.15) is 0 Å². The molecule has 0 amide bonds. The number of halogens is 1. The summed E-state index contributed by atoms with van der Waals surface area (Å²) in [6.45, 7) is 7.68. The Morgan fingerprint density at radius 3 is 2.57 bits per heavy atom. The second-order valence-electron chi connectivity index (χ2n) is 3.48. The van der Waals surface area contributed by atoms with Gasteiger partial charge in [0, 0.05) is 18.4 Å². The molecule has 0 heterocycles. The average Bonchev–Trinajstić information content (AvgIpc) is 2.20. The minimum atomic E-state index is 1.05. The molecule has 0 aliphatic heterocycles.